The van der Waals surface area contributed by atoms with E-state index in [1.54, 1.807) is 0 Å². The Morgan fingerprint density at radius 3 is 0.600 bits per heavy atom. The molecule has 6 aliphatic carbocycles. The van der Waals surface area contributed by atoms with Crippen LogP contribution in [0.3, 0.4) is 0 Å². The average molecular weight is 158 g/mol. The Labute approximate surface area is 66.6 Å². The Balaban J connectivity index is 0.000000180. The molecule has 0 aromatic rings. The first-order chi connectivity index (χ1) is 4.00. The van der Waals surface area contributed by atoms with Gasteiger partial charge in [-0.2, -0.15) is 0 Å². The van der Waals surface area contributed by atoms with Gasteiger partial charge in [-0.15, -0.1) is 12.4 Å². The van der Waals surface area contributed by atoms with Gasteiger partial charge in [0, 0.05) is 0 Å². The molecule has 0 spiro atoms. The zero-order valence-electron chi connectivity index (χ0n) is 5.73. The number of rotatable bonds is 0. The van der Waals surface area contributed by atoms with Gasteiger partial charge in [-0.3, -0.25) is 0 Å². The molecular weight excluding hydrogens is 146 g/mol. The Bertz CT molecular complexity index is 119. The van der Waals surface area contributed by atoms with Crippen molar-refractivity contribution < 1.29 is 0 Å². The molecule has 3 N–H and O–H groups in total. The fraction of sp³-hybridized carbons (Fsp3) is 1.00. The van der Waals surface area contributed by atoms with Gasteiger partial charge in [0.2, 0.25) is 0 Å². The summed E-state index contributed by atoms with van der Waals surface area (Å²) in [7, 11) is 0. The summed E-state index contributed by atoms with van der Waals surface area (Å²) in [4.78, 5) is 0. The molecule has 0 atom stereocenters. The van der Waals surface area contributed by atoms with E-state index < -0.39 is 0 Å². The summed E-state index contributed by atoms with van der Waals surface area (Å²) in [5.74, 6) is 10.7. The maximum atomic E-state index is 1.33. The molecule has 6 rings (SSSR count). The highest BCUT2D eigenvalue weighted by Gasteiger charge is 2.97. The highest BCUT2D eigenvalue weighted by Crippen LogP contribution is 3.00. The Kier molecular flexibility index (Phi) is 0.626. The normalized spacial score (nSPS) is 86.4. The molecule has 0 aromatic carbocycles. The van der Waals surface area contributed by atoms with Crippen LogP contribution in [0.1, 0.15) is 0 Å². The fourth-order valence-electron chi connectivity index (χ4n) is 5.29. The van der Waals surface area contributed by atoms with Gasteiger partial charge in [0.1, 0.15) is 0 Å². The molecule has 6 aliphatic rings. The van der Waals surface area contributed by atoms with Crippen molar-refractivity contribution in [2.45, 2.75) is 0 Å². The molecule has 6 saturated carbocycles. The zero-order chi connectivity index (χ0) is 4.62. The molecular formula is C8H12ClN. The predicted molar refractivity (Wildman–Crippen MR) is 40.2 cm³/mol. The molecule has 2 heteroatoms. The lowest BCUT2D eigenvalue weighted by Crippen LogP contribution is -3.00. The molecule has 6 fully saturated rings. The van der Waals surface area contributed by atoms with Gasteiger partial charge in [0.15, 0.2) is 0 Å². The number of hydrogen-bond donors (Lipinski definition) is 1. The predicted octanol–water partition coefficient (Wildman–Crippen LogP) is 1.57. The number of halogens is 1. The second-order valence-corrected chi connectivity index (χ2v) is 4.62. The van der Waals surface area contributed by atoms with E-state index in [1.165, 1.54) is 47.3 Å². The van der Waals surface area contributed by atoms with Crippen LogP contribution in [0.15, 0.2) is 0 Å². The molecule has 0 saturated heterocycles. The zero-order valence-corrected chi connectivity index (χ0v) is 6.55. The van der Waals surface area contributed by atoms with Crippen molar-refractivity contribution in [3.63, 3.8) is 0 Å². The van der Waals surface area contributed by atoms with Gasteiger partial charge in [-0.05, 0) is 47.3 Å². The van der Waals surface area contributed by atoms with Crippen LogP contribution in [0.5, 0.6) is 0 Å². The summed E-state index contributed by atoms with van der Waals surface area (Å²) < 4.78 is 0. The molecule has 10 heavy (non-hydrogen) atoms. The minimum atomic E-state index is 0. The van der Waals surface area contributed by atoms with E-state index >= 15 is 0 Å². The highest BCUT2D eigenvalue weighted by molar-refractivity contribution is 5.85. The van der Waals surface area contributed by atoms with Gasteiger partial charge in [0.05, 0.1) is 0 Å². The Morgan fingerprint density at radius 2 is 0.500 bits per heavy atom. The molecule has 0 unspecified atom stereocenters. The Morgan fingerprint density at radius 1 is 0.400 bits per heavy atom. The molecule has 0 amide bonds. The highest BCUT2D eigenvalue weighted by atomic mass is 35.5. The van der Waals surface area contributed by atoms with Crippen molar-refractivity contribution >= 4 is 12.4 Å². The van der Waals surface area contributed by atoms with Gasteiger partial charge < -0.3 is 6.15 Å². The van der Waals surface area contributed by atoms with E-state index in [0.29, 0.717) is 0 Å². The summed E-state index contributed by atoms with van der Waals surface area (Å²) in [6.07, 6.45) is 0. The monoisotopic (exact) mass is 157 g/mol. The maximum Gasteiger partial charge on any atom is -0.0312 e. The molecule has 0 aliphatic heterocycles. The van der Waals surface area contributed by atoms with E-state index in [1.807, 2.05) is 0 Å². The minimum absolute atomic E-state index is 0. The molecule has 0 radical (unpaired) electrons. The van der Waals surface area contributed by atoms with Crippen LogP contribution in [-0.4, -0.2) is 0 Å². The molecule has 0 bridgehead atoms. The van der Waals surface area contributed by atoms with E-state index in [9.17, 15) is 0 Å². The largest absolute Gasteiger partial charge is 0.344 e. The van der Waals surface area contributed by atoms with Crippen LogP contribution in [0.4, 0.5) is 0 Å². The SMILES string of the molecule is C12C3C4C1C1C2C3C41.Cl.N. The van der Waals surface area contributed by atoms with Crippen LogP contribution in [-0.2, 0) is 0 Å². The van der Waals surface area contributed by atoms with Crippen molar-refractivity contribution in [1.29, 1.82) is 0 Å². The minimum Gasteiger partial charge on any atom is -0.344 e. The standard InChI is InChI=1S/C8H8.ClH.H3N/c1-2-5-3(1)7-4(1)6(2)8(5)7;;/h1-8H;1H;1H3. The van der Waals surface area contributed by atoms with Crippen LogP contribution < -0.4 is 6.15 Å². The average Bonchev–Trinajstić information content (AvgIpc) is 1.90. The van der Waals surface area contributed by atoms with Crippen molar-refractivity contribution in [2.75, 3.05) is 0 Å². The molecule has 1 nitrogen and oxygen atoms in total. The topological polar surface area (TPSA) is 35.0 Å². The first-order valence-electron chi connectivity index (χ1n) is 4.00. The third kappa shape index (κ3) is 0.186. The summed E-state index contributed by atoms with van der Waals surface area (Å²) >= 11 is 0. The van der Waals surface area contributed by atoms with Gasteiger partial charge in [0.25, 0.3) is 0 Å². The molecule has 0 heterocycles. The summed E-state index contributed by atoms with van der Waals surface area (Å²) in [5.41, 5.74) is 0. The lowest BCUT2D eigenvalue weighted by molar-refractivity contribution is -0.565. The van der Waals surface area contributed by atoms with Crippen LogP contribution in [0.25, 0.3) is 0 Å². The first-order valence-corrected chi connectivity index (χ1v) is 4.00. The van der Waals surface area contributed by atoms with E-state index in [-0.39, 0.29) is 18.6 Å². The van der Waals surface area contributed by atoms with E-state index in [4.69, 9.17) is 0 Å². The second-order valence-electron chi connectivity index (χ2n) is 4.62. The van der Waals surface area contributed by atoms with Gasteiger partial charge >= 0.3 is 0 Å². The smallest absolute Gasteiger partial charge is 0.0312 e. The summed E-state index contributed by atoms with van der Waals surface area (Å²) in [5, 5.41) is 0. The maximum absolute atomic E-state index is 1.33. The Hall–Kier alpha value is 0.250. The fourth-order valence-corrected chi connectivity index (χ4v) is 5.29. The third-order valence-electron chi connectivity index (χ3n) is 5.33. The van der Waals surface area contributed by atoms with Crippen LogP contribution in [0.2, 0.25) is 0 Å². The van der Waals surface area contributed by atoms with E-state index in [0.717, 1.165) is 0 Å². The van der Waals surface area contributed by atoms with Crippen molar-refractivity contribution in [2.24, 2.45) is 47.3 Å². The van der Waals surface area contributed by atoms with Crippen molar-refractivity contribution in [3.05, 3.63) is 0 Å². The summed E-state index contributed by atoms with van der Waals surface area (Å²) in [6.45, 7) is 0. The summed E-state index contributed by atoms with van der Waals surface area (Å²) in [6, 6.07) is 0. The second kappa shape index (κ2) is 1.07. The lowest BCUT2D eigenvalue weighted by atomic mass is 9.01. The first kappa shape index (κ1) is 5.84. The van der Waals surface area contributed by atoms with Crippen molar-refractivity contribution in [1.82, 2.24) is 6.15 Å². The third-order valence-corrected chi connectivity index (χ3v) is 5.33. The van der Waals surface area contributed by atoms with Crippen LogP contribution in [0, 0.1) is 47.3 Å². The lowest BCUT2D eigenvalue weighted by Gasteiger charge is -3.03. The quantitative estimate of drug-likeness (QED) is 0.569. The van der Waals surface area contributed by atoms with Crippen molar-refractivity contribution in [3.8, 4) is 0 Å². The molecule has 0 aromatic heterocycles. The van der Waals surface area contributed by atoms with E-state index in [2.05, 4.69) is 0 Å². The van der Waals surface area contributed by atoms with Gasteiger partial charge in [-0.1, -0.05) is 0 Å². The molecule has 56 valence electrons. The number of hydrogen-bond acceptors (Lipinski definition) is 1. The van der Waals surface area contributed by atoms with Gasteiger partial charge in [-0.25, -0.2) is 0 Å². The van der Waals surface area contributed by atoms with Crippen LogP contribution >= 0.6 is 12.4 Å².